The summed E-state index contributed by atoms with van der Waals surface area (Å²) in [7, 11) is 0. The van der Waals surface area contributed by atoms with E-state index in [-0.39, 0.29) is 23.5 Å². The monoisotopic (exact) mass is 317 g/mol. The molecule has 2 amide bonds. The molecular formula is C17H19NO5. The maximum absolute atomic E-state index is 12.3. The van der Waals surface area contributed by atoms with Gasteiger partial charge in [-0.25, -0.2) is 4.79 Å². The van der Waals surface area contributed by atoms with Gasteiger partial charge in [-0.15, -0.1) is 0 Å². The molecule has 0 N–H and O–H groups in total. The molecule has 23 heavy (non-hydrogen) atoms. The summed E-state index contributed by atoms with van der Waals surface area (Å²) in [4.78, 5) is 49.3. The molecule has 0 unspecified atom stereocenters. The quantitative estimate of drug-likeness (QED) is 0.625. The lowest BCUT2D eigenvalue weighted by Gasteiger charge is -2.22. The number of benzene rings is 1. The van der Waals surface area contributed by atoms with Gasteiger partial charge in [-0.05, 0) is 19.1 Å². The number of imide groups is 1. The van der Waals surface area contributed by atoms with E-state index in [0.717, 1.165) is 4.90 Å². The smallest absolute Gasteiger partial charge is 0.329 e. The van der Waals surface area contributed by atoms with E-state index in [1.165, 1.54) is 19.1 Å². The number of nitrogens with zero attached hydrogens (tertiary/aromatic N) is 1. The second-order valence-corrected chi connectivity index (χ2v) is 6.48. The molecule has 0 aliphatic carbocycles. The van der Waals surface area contributed by atoms with Crippen LogP contribution in [0.25, 0.3) is 0 Å². The maximum Gasteiger partial charge on any atom is 0.329 e. The van der Waals surface area contributed by atoms with Gasteiger partial charge < -0.3 is 4.74 Å². The van der Waals surface area contributed by atoms with Crippen LogP contribution in [-0.2, 0) is 14.3 Å². The Hall–Kier alpha value is -2.50. The maximum atomic E-state index is 12.3. The van der Waals surface area contributed by atoms with Gasteiger partial charge in [0.25, 0.3) is 11.8 Å². The molecule has 0 radical (unpaired) electrons. The van der Waals surface area contributed by atoms with Crippen LogP contribution in [0.2, 0.25) is 0 Å². The molecule has 0 spiro atoms. The summed E-state index contributed by atoms with van der Waals surface area (Å²) >= 11 is 0. The van der Waals surface area contributed by atoms with Crippen LogP contribution in [0, 0.1) is 5.41 Å². The van der Waals surface area contributed by atoms with Crippen molar-refractivity contribution in [3.05, 3.63) is 35.4 Å². The minimum atomic E-state index is -1.09. The molecule has 1 aliphatic rings. The van der Waals surface area contributed by atoms with Crippen molar-refractivity contribution in [2.45, 2.75) is 33.7 Å². The fourth-order valence-electron chi connectivity index (χ4n) is 2.14. The summed E-state index contributed by atoms with van der Waals surface area (Å²) < 4.78 is 4.97. The van der Waals surface area contributed by atoms with Crippen molar-refractivity contribution in [3.63, 3.8) is 0 Å². The average molecular weight is 317 g/mol. The van der Waals surface area contributed by atoms with Crippen molar-refractivity contribution < 1.29 is 23.9 Å². The van der Waals surface area contributed by atoms with Gasteiger partial charge in [-0.1, -0.05) is 32.9 Å². The predicted molar refractivity (Wildman–Crippen MR) is 81.8 cm³/mol. The number of ether oxygens (including phenoxy) is 1. The van der Waals surface area contributed by atoms with Gasteiger partial charge in [0.2, 0.25) is 0 Å². The van der Waals surface area contributed by atoms with Crippen molar-refractivity contribution in [2.24, 2.45) is 5.41 Å². The number of hydrogen-bond acceptors (Lipinski definition) is 5. The van der Waals surface area contributed by atoms with Gasteiger partial charge in [0.1, 0.15) is 6.04 Å². The number of carbonyl (C=O) groups is 4. The zero-order valence-corrected chi connectivity index (χ0v) is 13.6. The van der Waals surface area contributed by atoms with E-state index in [1.54, 1.807) is 32.9 Å². The van der Waals surface area contributed by atoms with Gasteiger partial charge in [0, 0.05) is 5.41 Å². The van der Waals surface area contributed by atoms with Crippen molar-refractivity contribution in [1.82, 2.24) is 4.90 Å². The minimum Gasteiger partial charge on any atom is -0.456 e. The third-order valence-corrected chi connectivity index (χ3v) is 3.74. The van der Waals surface area contributed by atoms with E-state index in [2.05, 4.69) is 0 Å². The van der Waals surface area contributed by atoms with Crippen molar-refractivity contribution >= 4 is 23.6 Å². The van der Waals surface area contributed by atoms with E-state index < -0.39 is 29.2 Å². The molecule has 0 saturated carbocycles. The van der Waals surface area contributed by atoms with E-state index in [4.69, 9.17) is 4.74 Å². The Morgan fingerprint density at radius 1 is 1.09 bits per heavy atom. The molecule has 1 atom stereocenters. The lowest BCUT2D eigenvalue weighted by atomic mass is 9.91. The Kier molecular flexibility index (Phi) is 4.36. The summed E-state index contributed by atoms with van der Waals surface area (Å²) in [5, 5.41) is 0. The number of fused-ring (bicyclic) bond motifs is 1. The second kappa shape index (κ2) is 5.95. The molecule has 0 aromatic heterocycles. The predicted octanol–water partition coefficient (Wildman–Crippen LogP) is 1.83. The van der Waals surface area contributed by atoms with E-state index in [1.807, 2.05) is 0 Å². The van der Waals surface area contributed by atoms with Crippen LogP contribution in [-0.4, -0.2) is 41.1 Å². The first kappa shape index (κ1) is 16.9. The Morgan fingerprint density at radius 3 is 2.00 bits per heavy atom. The molecular weight excluding hydrogens is 298 g/mol. The third kappa shape index (κ3) is 3.16. The summed E-state index contributed by atoms with van der Waals surface area (Å²) in [6.45, 7) is 6.19. The number of carbonyl (C=O) groups excluding carboxylic acids is 4. The number of esters is 1. The number of amides is 2. The van der Waals surface area contributed by atoms with Crippen LogP contribution in [0.3, 0.4) is 0 Å². The van der Waals surface area contributed by atoms with Gasteiger partial charge in [0.05, 0.1) is 11.1 Å². The van der Waals surface area contributed by atoms with Crippen LogP contribution < -0.4 is 0 Å². The van der Waals surface area contributed by atoms with E-state index >= 15 is 0 Å². The molecule has 1 aliphatic heterocycles. The van der Waals surface area contributed by atoms with Gasteiger partial charge in [0.15, 0.2) is 12.4 Å². The molecule has 1 aromatic rings. The van der Waals surface area contributed by atoms with Crippen LogP contribution in [0.1, 0.15) is 48.4 Å². The molecule has 6 heteroatoms. The SMILES string of the molecule is C[C@@H](C(=O)OCC(=O)C(C)(C)C)N1C(=O)c2ccccc2C1=O. The fourth-order valence-corrected chi connectivity index (χ4v) is 2.14. The summed E-state index contributed by atoms with van der Waals surface area (Å²) in [6, 6.07) is 5.29. The summed E-state index contributed by atoms with van der Waals surface area (Å²) in [6.07, 6.45) is 0. The highest BCUT2D eigenvalue weighted by molar-refractivity contribution is 6.22. The minimum absolute atomic E-state index is 0.236. The standard InChI is InChI=1S/C17H19NO5/c1-10(16(22)23-9-13(19)17(2,3)4)18-14(20)11-7-5-6-8-12(11)15(18)21/h5-8,10H,9H2,1-4H3/t10-/m0/s1. The van der Waals surface area contributed by atoms with Crippen molar-refractivity contribution in [2.75, 3.05) is 6.61 Å². The van der Waals surface area contributed by atoms with Crippen molar-refractivity contribution in [3.8, 4) is 0 Å². The van der Waals surface area contributed by atoms with Gasteiger partial charge >= 0.3 is 5.97 Å². The zero-order valence-electron chi connectivity index (χ0n) is 13.6. The van der Waals surface area contributed by atoms with Crippen LogP contribution in [0.15, 0.2) is 24.3 Å². The highest BCUT2D eigenvalue weighted by Crippen LogP contribution is 2.25. The van der Waals surface area contributed by atoms with E-state index in [0.29, 0.717) is 0 Å². The first-order valence-corrected chi connectivity index (χ1v) is 7.31. The lowest BCUT2D eigenvalue weighted by Crippen LogP contribution is -2.44. The fraction of sp³-hybridized carbons (Fsp3) is 0.412. The Morgan fingerprint density at radius 2 is 1.57 bits per heavy atom. The average Bonchev–Trinajstić information content (AvgIpc) is 2.75. The first-order chi connectivity index (χ1) is 10.6. The Labute approximate surface area is 134 Å². The third-order valence-electron chi connectivity index (χ3n) is 3.74. The molecule has 2 rings (SSSR count). The molecule has 0 fully saturated rings. The lowest BCUT2D eigenvalue weighted by molar-refractivity contribution is -0.153. The highest BCUT2D eigenvalue weighted by Gasteiger charge is 2.41. The number of rotatable bonds is 4. The van der Waals surface area contributed by atoms with Crippen LogP contribution in [0.5, 0.6) is 0 Å². The normalized spacial score (nSPS) is 15.4. The summed E-state index contributed by atoms with van der Waals surface area (Å²) in [5.41, 5.74) is -0.0928. The van der Waals surface area contributed by atoms with Crippen molar-refractivity contribution in [1.29, 1.82) is 0 Å². The molecule has 1 heterocycles. The Balaban J connectivity index is 2.08. The van der Waals surface area contributed by atoms with Crippen LogP contribution >= 0.6 is 0 Å². The topological polar surface area (TPSA) is 80.8 Å². The number of ketones is 1. The Bertz CT molecular complexity index is 651. The first-order valence-electron chi connectivity index (χ1n) is 7.31. The highest BCUT2D eigenvalue weighted by atomic mass is 16.5. The second-order valence-electron chi connectivity index (χ2n) is 6.48. The molecule has 0 saturated heterocycles. The van der Waals surface area contributed by atoms with E-state index in [9.17, 15) is 19.2 Å². The zero-order chi connectivity index (χ0) is 17.4. The molecule has 122 valence electrons. The number of hydrogen-bond donors (Lipinski definition) is 0. The van der Waals surface area contributed by atoms with Gasteiger partial charge in [-0.2, -0.15) is 0 Å². The molecule has 0 bridgehead atoms. The largest absolute Gasteiger partial charge is 0.456 e. The summed E-state index contributed by atoms with van der Waals surface area (Å²) in [5.74, 6) is -2.08. The number of Topliss-reactive ketones (excluding diaryl/α,β-unsaturated/α-hetero) is 1. The van der Waals surface area contributed by atoms with Crippen LogP contribution in [0.4, 0.5) is 0 Å². The molecule has 6 nitrogen and oxygen atoms in total. The molecule has 1 aromatic carbocycles. The van der Waals surface area contributed by atoms with Gasteiger partial charge in [-0.3, -0.25) is 19.3 Å².